The monoisotopic (exact) mass is 97.0 g/mol. The summed E-state index contributed by atoms with van der Waals surface area (Å²) in [6.07, 6.45) is 2.99. The number of ether oxygens (including phenoxy) is 1. The molecule has 0 unspecified atom stereocenters. The van der Waals surface area contributed by atoms with E-state index in [-0.39, 0.29) is 0 Å². The zero-order chi connectivity index (χ0) is 5.28. The highest BCUT2D eigenvalue weighted by molar-refractivity contribution is 6.02. The summed E-state index contributed by atoms with van der Waals surface area (Å²) in [5, 5.41) is 0. The quantitative estimate of drug-likeness (QED) is 0.231. The van der Waals surface area contributed by atoms with E-state index in [9.17, 15) is 9.59 Å². The molecule has 1 aliphatic heterocycles. The van der Waals surface area contributed by atoms with E-state index in [1.54, 1.807) is 0 Å². The molecule has 0 saturated heterocycles. The normalized spacial score (nSPS) is 16.6. The molecule has 0 aromatic carbocycles. The highest BCUT2D eigenvalue weighted by atomic mass is 16.6. The number of carbonyl (C=O) groups is 2. The molecule has 1 aliphatic rings. The van der Waals surface area contributed by atoms with Crippen LogP contribution < -0.4 is 0 Å². The summed E-state index contributed by atoms with van der Waals surface area (Å²) in [6, 6.07) is 0. The zero-order valence-electron chi connectivity index (χ0n) is 3.30. The van der Waals surface area contributed by atoms with Crippen LogP contribution >= 0.6 is 0 Å². The second-order valence-corrected chi connectivity index (χ2v) is 0.997. The summed E-state index contributed by atoms with van der Waals surface area (Å²) in [7, 11) is 0. The van der Waals surface area contributed by atoms with Crippen LogP contribution in [0.3, 0.4) is 0 Å². The van der Waals surface area contributed by atoms with E-state index in [1.807, 2.05) is 6.08 Å². The Balaban J connectivity index is 2.76. The van der Waals surface area contributed by atoms with Crippen LogP contribution in [0.4, 0.5) is 0 Å². The first-order chi connectivity index (χ1) is 3.29. The van der Waals surface area contributed by atoms with Gasteiger partial charge in [0.25, 0.3) is 6.08 Å². The van der Waals surface area contributed by atoms with Crippen molar-refractivity contribution in [1.29, 1.82) is 0 Å². The van der Waals surface area contributed by atoms with E-state index >= 15 is 0 Å². The van der Waals surface area contributed by atoms with Crippen LogP contribution in [0.25, 0.3) is 0 Å². The minimum absolute atomic E-state index is 0.634. The number of hydrogen-bond donors (Lipinski definition) is 0. The van der Waals surface area contributed by atoms with Crippen molar-refractivity contribution < 1.29 is 14.3 Å². The zero-order valence-corrected chi connectivity index (χ0v) is 3.30. The van der Waals surface area contributed by atoms with Gasteiger partial charge in [-0.15, -0.1) is 4.79 Å². The Kier molecular flexibility index (Phi) is 0.642. The topological polar surface area (TPSA) is 43.4 Å². The molecule has 3 heteroatoms. The third kappa shape index (κ3) is 0.614. The van der Waals surface area contributed by atoms with Gasteiger partial charge in [0.2, 0.25) is 6.08 Å². The molecule has 0 aliphatic carbocycles. The highest BCUT2D eigenvalue weighted by Gasteiger charge is 2.26. The minimum Gasteiger partial charge on any atom is -0.261 e. The third-order valence-corrected chi connectivity index (χ3v) is 0.501. The van der Waals surface area contributed by atoms with Crippen molar-refractivity contribution >= 4 is 11.9 Å². The van der Waals surface area contributed by atoms with Gasteiger partial charge in [-0.2, -0.15) is 0 Å². The van der Waals surface area contributed by atoms with Crippen LogP contribution in [0.15, 0.2) is 6.08 Å². The Labute approximate surface area is 39.6 Å². The van der Waals surface area contributed by atoms with Crippen molar-refractivity contribution in [1.82, 2.24) is 0 Å². The fourth-order valence-corrected chi connectivity index (χ4v) is 0.268. The first-order valence-corrected chi connectivity index (χ1v) is 1.64. The van der Waals surface area contributed by atoms with Crippen LogP contribution in [0.1, 0.15) is 0 Å². The summed E-state index contributed by atoms with van der Waals surface area (Å²) in [4.78, 5) is 19.8. The van der Waals surface area contributed by atoms with Gasteiger partial charge in [0.15, 0.2) is 0 Å². The number of cyclic esters (lactones) is 2. The second-order valence-electron chi connectivity index (χ2n) is 0.997. The Bertz CT molecular complexity index is 129. The fourth-order valence-electron chi connectivity index (χ4n) is 0.268. The van der Waals surface area contributed by atoms with Crippen molar-refractivity contribution in [3.8, 4) is 0 Å². The van der Waals surface area contributed by atoms with Gasteiger partial charge in [0.05, 0.1) is 0 Å². The van der Waals surface area contributed by atoms with E-state index in [4.69, 9.17) is 0 Å². The molecule has 0 saturated carbocycles. The summed E-state index contributed by atoms with van der Waals surface area (Å²) in [5.41, 5.74) is 0. The van der Waals surface area contributed by atoms with Crippen molar-refractivity contribution in [3.05, 3.63) is 12.2 Å². The first kappa shape index (κ1) is 3.96. The van der Waals surface area contributed by atoms with E-state index < -0.39 is 11.9 Å². The van der Waals surface area contributed by atoms with Gasteiger partial charge in [-0.05, 0) is 0 Å². The van der Waals surface area contributed by atoms with Crippen LogP contribution in [0.2, 0.25) is 0 Å². The number of esters is 2. The van der Waals surface area contributed by atoms with Gasteiger partial charge in [0, 0.05) is 0 Å². The number of hydrogen-bond acceptors (Lipinski definition) is 3. The largest absolute Gasteiger partial charge is 0.509 e. The maximum atomic E-state index is 9.89. The van der Waals surface area contributed by atoms with Crippen molar-refractivity contribution in [2.24, 2.45) is 0 Å². The van der Waals surface area contributed by atoms with E-state index in [1.165, 1.54) is 0 Å². The molecule has 34 valence electrons. The van der Waals surface area contributed by atoms with Gasteiger partial charge >= 0.3 is 11.9 Å². The molecular formula is C4HO3+. The lowest BCUT2D eigenvalue weighted by molar-refractivity contribution is -0.150. The number of carbonyl (C=O) groups excluding carboxylic acids is 2. The molecule has 3 nitrogen and oxygen atoms in total. The van der Waals surface area contributed by atoms with Crippen LogP contribution in [0, 0.1) is 6.08 Å². The summed E-state index contributed by atoms with van der Waals surface area (Å²) in [6.45, 7) is 0. The molecule has 1 heterocycles. The van der Waals surface area contributed by atoms with Gasteiger partial charge in [0.1, 0.15) is 0 Å². The first-order valence-electron chi connectivity index (χ1n) is 1.64. The molecule has 0 amide bonds. The average Bonchev–Trinajstić information content (AvgIpc) is 1.87. The van der Waals surface area contributed by atoms with Crippen LogP contribution in [0.5, 0.6) is 0 Å². The van der Waals surface area contributed by atoms with Gasteiger partial charge < -0.3 is 0 Å². The molecule has 0 N–H and O–H groups in total. The van der Waals surface area contributed by atoms with Gasteiger partial charge in [-0.1, -0.05) is 0 Å². The second kappa shape index (κ2) is 1.13. The van der Waals surface area contributed by atoms with Crippen molar-refractivity contribution in [2.45, 2.75) is 0 Å². The maximum Gasteiger partial charge on any atom is 0.509 e. The Hall–Kier alpha value is -1.21. The molecule has 0 radical (unpaired) electrons. The van der Waals surface area contributed by atoms with Crippen LogP contribution in [-0.2, 0) is 14.3 Å². The van der Waals surface area contributed by atoms with E-state index in [0.29, 0.717) is 0 Å². The van der Waals surface area contributed by atoms with Crippen molar-refractivity contribution in [3.63, 3.8) is 0 Å². The number of rotatable bonds is 0. The lowest BCUT2D eigenvalue weighted by atomic mass is 10.6. The van der Waals surface area contributed by atoms with E-state index in [0.717, 1.165) is 6.08 Å². The van der Waals surface area contributed by atoms with Gasteiger partial charge in [-0.25, -0.2) is 4.79 Å². The molecule has 7 heavy (non-hydrogen) atoms. The van der Waals surface area contributed by atoms with Crippen LogP contribution in [-0.4, -0.2) is 11.9 Å². The Morgan fingerprint density at radius 1 is 1.57 bits per heavy atom. The average molecular weight is 97.0 g/mol. The standard InChI is InChI=1S/C4HO3/c5-3-1-2-4(6)7-3/h1H/q+1. The van der Waals surface area contributed by atoms with Crippen molar-refractivity contribution in [2.75, 3.05) is 0 Å². The Morgan fingerprint density at radius 3 is 2.43 bits per heavy atom. The lowest BCUT2D eigenvalue weighted by Crippen LogP contribution is -1.97. The van der Waals surface area contributed by atoms with Gasteiger partial charge in [-0.3, -0.25) is 4.74 Å². The minimum atomic E-state index is -0.704. The molecule has 0 atom stereocenters. The molecule has 0 aromatic heterocycles. The molecule has 0 aromatic rings. The Morgan fingerprint density at radius 2 is 2.29 bits per heavy atom. The highest BCUT2D eigenvalue weighted by Crippen LogP contribution is 1.91. The van der Waals surface area contributed by atoms with E-state index in [2.05, 4.69) is 4.74 Å². The summed E-state index contributed by atoms with van der Waals surface area (Å²) >= 11 is 0. The summed E-state index contributed by atoms with van der Waals surface area (Å²) in [5.74, 6) is -1.34. The molecule has 1 rings (SSSR count). The summed E-state index contributed by atoms with van der Waals surface area (Å²) < 4.78 is 3.92. The molecule has 0 spiro atoms. The molecule has 0 fully saturated rings. The smallest absolute Gasteiger partial charge is 0.261 e. The molecular weight excluding hydrogens is 96.0 g/mol. The third-order valence-electron chi connectivity index (χ3n) is 0.501. The fraction of sp³-hybridized carbons (Fsp3) is 0. The SMILES string of the molecule is O=C1[C+]=CC(=O)O1. The molecule has 0 bridgehead atoms. The maximum absolute atomic E-state index is 9.89. The predicted octanol–water partition coefficient (Wildman–Crippen LogP) is -0.571. The predicted molar refractivity (Wildman–Crippen MR) is 18.9 cm³/mol. The lowest BCUT2D eigenvalue weighted by Gasteiger charge is -1.65.